The molecule has 1 heterocycles. The van der Waals surface area contributed by atoms with E-state index in [0.29, 0.717) is 19.6 Å². The summed E-state index contributed by atoms with van der Waals surface area (Å²) >= 11 is 5.00. The highest BCUT2D eigenvalue weighted by molar-refractivity contribution is 9.10. The summed E-state index contributed by atoms with van der Waals surface area (Å²) in [6, 6.07) is 1.45. The highest BCUT2D eigenvalue weighted by atomic mass is 79.9. The molecule has 0 spiro atoms. The van der Waals surface area contributed by atoms with E-state index in [9.17, 15) is 4.79 Å². The number of rotatable bonds is 6. The van der Waals surface area contributed by atoms with Crippen molar-refractivity contribution in [1.29, 1.82) is 0 Å². The van der Waals surface area contributed by atoms with E-state index in [1.807, 2.05) is 11.4 Å². The Bertz CT molecular complexity index is 343. The van der Waals surface area contributed by atoms with Crippen molar-refractivity contribution in [2.75, 3.05) is 13.7 Å². The van der Waals surface area contributed by atoms with Gasteiger partial charge >= 0.3 is 0 Å². The monoisotopic (exact) mass is 306 g/mol. The van der Waals surface area contributed by atoms with E-state index in [-0.39, 0.29) is 5.91 Å². The number of carbonyl (C=O) groups excluding carboxylic acids is 1. The third kappa shape index (κ3) is 4.21. The fourth-order valence-corrected chi connectivity index (χ4v) is 2.56. The fourth-order valence-electron chi connectivity index (χ4n) is 1.13. The molecule has 0 aliphatic heterocycles. The van der Waals surface area contributed by atoms with Crippen LogP contribution in [0.4, 0.5) is 0 Å². The molecule has 1 amide bonds. The highest BCUT2D eigenvalue weighted by Crippen LogP contribution is 2.22. The molecule has 0 aliphatic carbocycles. The molecule has 0 fully saturated rings. The zero-order valence-corrected chi connectivity index (χ0v) is 11.4. The molecule has 4 nitrogen and oxygen atoms in total. The molecule has 1 aromatic rings. The first kappa shape index (κ1) is 13.6. The lowest BCUT2D eigenvalue weighted by atomic mass is 10.2. The van der Waals surface area contributed by atoms with Crippen molar-refractivity contribution in [3.63, 3.8) is 0 Å². The van der Waals surface area contributed by atoms with Gasteiger partial charge in [0.1, 0.15) is 0 Å². The number of hydrogen-bond donors (Lipinski definition) is 2. The molecule has 6 heteroatoms. The molecule has 0 bridgehead atoms. The summed E-state index contributed by atoms with van der Waals surface area (Å²) in [4.78, 5) is 12.6. The van der Waals surface area contributed by atoms with Gasteiger partial charge in [0.25, 0.3) is 0 Å². The minimum absolute atomic E-state index is 0.141. The number of halogens is 1. The normalized spacial score (nSPS) is 12.4. The SMILES string of the molecule is COCCC(N)C(=O)NCc1sccc1Br. The molecule has 0 saturated carbocycles. The van der Waals surface area contributed by atoms with Crippen LogP contribution < -0.4 is 11.1 Å². The lowest BCUT2D eigenvalue weighted by Crippen LogP contribution is -2.40. The van der Waals surface area contributed by atoms with Crippen LogP contribution in [0.5, 0.6) is 0 Å². The third-order valence-electron chi connectivity index (χ3n) is 2.08. The zero-order valence-electron chi connectivity index (χ0n) is 9.03. The molecule has 1 rings (SSSR count). The molecule has 0 aromatic carbocycles. The summed E-state index contributed by atoms with van der Waals surface area (Å²) in [7, 11) is 1.59. The van der Waals surface area contributed by atoms with Crippen LogP contribution in [-0.2, 0) is 16.1 Å². The molecule has 1 unspecified atom stereocenters. The van der Waals surface area contributed by atoms with Crippen molar-refractivity contribution in [1.82, 2.24) is 5.32 Å². The average molecular weight is 307 g/mol. The molecule has 0 aliphatic rings. The van der Waals surface area contributed by atoms with Gasteiger partial charge in [-0.2, -0.15) is 0 Å². The van der Waals surface area contributed by atoms with Crippen LogP contribution in [0.2, 0.25) is 0 Å². The van der Waals surface area contributed by atoms with Gasteiger partial charge in [0.05, 0.1) is 12.6 Å². The molecule has 1 aromatic heterocycles. The highest BCUT2D eigenvalue weighted by Gasteiger charge is 2.13. The molecule has 0 saturated heterocycles. The minimum atomic E-state index is -0.501. The lowest BCUT2D eigenvalue weighted by molar-refractivity contribution is -0.122. The van der Waals surface area contributed by atoms with Crippen LogP contribution >= 0.6 is 27.3 Å². The van der Waals surface area contributed by atoms with E-state index in [1.54, 1.807) is 18.4 Å². The summed E-state index contributed by atoms with van der Waals surface area (Å²) in [5.74, 6) is -0.141. The minimum Gasteiger partial charge on any atom is -0.385 e. The topological polar surface area (TPSA) is 64.3 Å². The van der Waals surface area contributed by atoms with Crippen molar-refractivity contribution in [3.05, 3.63) is 20.8 Å². The third-order valence-corrected chi connectivity index (χ3v) is 4.01. The Morgan fingerprint density at radius 2 is 2.50 bits per heavy atom. The largest absolute Gasteiger partial charge is 0.385 e. The number of carbonyl (C=O) groups is 1. The first-order valence-electron chi connectivity index (χ1n) is 4.89. The number of thiophene rings is 1. The quantitative estimate of drug-likeness (QED) is 0.837. The fraction of sp³-hybridized carbons (Fsp3) is 0.500. The van der Waals surface area contributed by atoms with Gasteiger partial charge in [-0.1, -0.05) is 0 Å². The van der Waals surface area contributed by atoms with E-state index in [4.69, 9.17) is 10.5 Å². The molecule has 3 N–H and O–H groups in total. The summed E-state index contributed by atoms with van der Waals surface area (Å²) < 4.78 is 5.88. The van der Waals surface area contributed by atoms with E-state index in [1.165, 1.54) is 0 Å². The maximum Gasteiger partial charge on any atom is 0.237 e. The number of nitrogens with one attached hydrogen (secondary N) is 1. The van der Waals surface area contributed by atoms with Gasteiger partial charge in [0.15, 0.2) is 0 Å². The van der Waals surface area contributed by atoms with Crippen molar-refractivity contribution in [2.24, 2.45) is 5.73 Å². The summed E-state index contributed by atoms with van der Waals surface area (Å²) in [5, 5.41) is 4.76. The summed E-state index contributed by atoms with van der Waals surface area (Å²) in [6.07, 6.45) is 0.536. The van der Waals surface area contributed by atoms with Crippen LogP contribution in [-0.4, -0.2) is 25.7 Å². The zero-order chi connectivity index (χ0) is 12.0. The van der Waals surface area contributed by atoms with Crippen LogP contribution in [0.25, 0.3) is 0 Å². The van der Waals surface area contributed by atoms with Crippen molar-refractivity contribution >= 4 is 33.2 Å². The predicted octanol–water partition coefficient (Wildman–Crippen LogP) is 1.49. The first-order valence-corrected chi connectivity index (χ1v) is 6.56. The van der Waals surface area contributed by atoms with Gasteiger partial charge in [-0.25, -0.2) is 0 Å². The van der Waals surface area contributed by atoms with Crippen LogP contribution in [0.15, 0.2) is 15.9 Å². The van der Waals surface area contributed by atoms with Gasteiger partial charge < -0.3 is 15.8 Å². The van der Waals surface area contributed by atoms with Crippen molar-refractivity contribution < 1.29 is 9.53 Å². The Kier molecular flexibility index (Phi) is 5.97. The van der Waals surface area contributed by atoms with Gasteiger partial charge in [0.2, 0.25) is 5.91 Å². The van der Waals surface area contributed by atoms with Crippen LogP contribution in [0.3, 0.4) is 0 Å². The second-order valence-electron chi connectivity index (χ2n) is 3.30. The number of amides is 1. The van der Waals surface area contributed by atoms with E-state index in [0.717, 1.165) is 9.35 Å². The average Bonchev–Trinajstić information content (AvgIpc) is 2.68. The molecule has 16 heavy (non-hydrogen) atoms. The Morgan fingerprint density at radius 1 is 1.75 bits per heavy atom. The predicted molar refractivity (Wildman–Crippen MR) is 68.3 cm³/mol. The second-order valence-corrected chi connectivity index (χ2v) is 5.15. The Labute approximate surface area is 107 Å². The molecular formula is C10H15BrN2O2S. The van der Waals surface area contributed by atoms with E-state index < -0.39 is 6.04 Å². The smallest absolute Gasteiger partial charge is 0.237 e. The maximum atomic E-state index is 11.6. The first-order chi connectivity index (χ1) is 7.65. The van der Waals surface area contributed by atoms with Crippen molar-refractivity contribution in [3.8, 4) is 0 Å². The molecule has 90 valence electrons. The Balaban J connectivity index is 2.32. The number of methoxy groups -OCH3 is 1. The Morgan fingerprint density at radius 3 is 3.06 bits per heavy atom. The lowest BCUT2D eigenvalue weighted by Gasteiger charge is -2.11. The summed E-state index contributed by atoms with van der Waals surface area (Å²) in [6.45, 7) is 1.01. The standard InChI is InChI=1S/C10H15BrN2O2S/c1-15-4-2-8(12)10(14)13-6-9-7(11)3-5-16-9/h3,5,8H,2,4,6,12H2,1H3,(H,13,14). The van der Waals surface area contributed by atoms with Gasteiger partial charge in [-0.05, 0) is 33.8 Å². The van der Waals surface area contributed by atoms with Gasteiger partial charge in [-0.15, -0.1) is 11.3 Å². The maximum absolute atomic E-state index is 11.6. The van der Waals surface area contributed by atoms with Crippen LogP contribution in [0, 0.1) is 0 Å². The van der Waals surface area contributed by atoms with E-state index >= 15 is 0 Å². The van der Waals surface area contributed by atoms with E-state index in [2.05, 4.69) is 21.2 Å². The second kappa shape index (κ2) is 7.01. The van der Waals surface area contributed by atoms with Gasteiger partial charge in [-0.3, -0.25) is 4.79 Å². The molecule has 1 atom stereocenters. The number of ether oxygens (including phenoxy) is 1. The molecule has 0 radical (unpaired) electrons. The Hall–Kier alpha value is -0.430. The number of nitrogens with two attached hydrogens (primary N) is 1. The number of hydrogen-bond acceptors (Lipinski definition) is 4. The van der Waals surface area contributed by atoms with Gasteiger partial charge in [0, 0.05) is 23.1 Å². The molecular weight excluding hydrogens is 292 g/mol. The van der Waals surface area contributed by atoms with Crippen molar-refractivity contribution in [2.45, 2.75) is 19.0 Å². The van der Waals surface area contributed by atoms with Crippen LogP contribution in [0.1, 0.15) is 11.3 Å². The summed E-state index contributed by atoms with van der Waals surface area (Å²) in [5.41, 5.74) is 5.68.